The fraction of sp³-hybridized carbons (Fsp3) is 0.381. The van der Waals surface area contributed by atoms with E-state index in [0.717, 1.165) is 15.4 Å². The highest BCUT2D eigenvalue weighted by molar-refractivity contribution is 7.89. The summed E-state index contributed by atoms with van der Waals surface area (Å²) in [6, 6.07) is 15.3. The Morgan fingerprint density at radius 1 is 1.03 bits per heavy atom. The zero-order chi connectivity index (χ0) is 21.1. The Morgan fingerprint density at radius 2 is 1.66 bits per heavy atom. The van der Waals surface area contributed by atoms with E-state index in [1.54, 1.807) is 36.4 Å². The Labute approximate surface area is 168 Å². The molecule has 2 atom stereocenters. The van der Waals surface area contributed by atoms with Crippen molar-refractivity contribution in [3.8, 4) is 0 Å². The van der Waals surface area contributed by atoms with Crippen molar-refractivity contribution in [1.82, 2.24) is 4.31 Å². The molecule has 1 spiro atoms. The summed E-state index contributed by atoms with van der Waals surface area (Å²) < 4.78 is 67.7. The Balaban J connectivity index is 1.71. The highest BCUT2D eigenvalue weighted by Gasteiger charge is 2.69. The van der Waals surface area contributed by atoms with Crippen molar-refractivity contribution in [3.05, 3.63) is 65.7 Å². The summed E-state index contributed by atoms with van der Waals surface area (Å²) in [5.41, 5.74) is -0.335. The normalized spacial score (nSPS) is 27.3. The fourth-order valence-corrected chi connectivity index (χ4v) is 5.88. The number of rotatable bonds is 4. The van der Waals surface area contributed by atoms with Gasteiger partial charge in [-0.2, -0.15) is 17.5 Å². The van der Waals surface area contributed by atoms with Crippen LogP contribution in [0.5, 0.6) is 0 Å². The summed E-state index contributed by atoms with van der Waals surface area (Å²) >= 11 is 0. The molecule has 154 valence electrons. The van der Waals surface area contributed by atoms with Gasteiger partial charge in [0.1, 0.15) is 5.54 Å². The number of sulfonamides is 1. The average molecular weight is 422 g/mol. The van der Waals surface area contributed by atoms with E-state index in [4.69, 9.17) is 0 Å². The van der Waals surface area contributed by atoms with E-state index in [1.165, 1.54) is 19.1 Å². The molecule has 1 fully saturated rings. The monoisotopic (exact) mass is 422 g/mol. The van der Waals surface area contributed by atoms with Gasteiger partial charge in [0, 0.05) is 18.5 Å². The van der Waals surface area contributed by atoms with E-state index in [9.17, 15) is 21.6 Å². The van der Waals surface area contributed by atoms with Gasteiger partial charge in [0.15, 0.2) is 0 Å². The zero-order valence-corrected chi connectivity index (χ0v) is 16.9. The lowest BCUT2D eigenvalue weighted by Gasteiger charge is -2.31. The molecule has 2 aromatic carbocycles. The Kier molecular flexibility index (Phi) is 4.44. The maximum absolute atomic E-state index is 13.4. The van der Waals surface area contributed by atoms with Crippen LogP contribution in [0.3, 0.4) is 0 Å². The average Bonchev–Trinajstić information content (AvgIpc) is 3.29. The Morgan fingerprint density at radius 3 is 2.24 bits per heavy atom. The van der Waals surface area contributed by atoms with Crippen LogP contribution in [0.4, 0.5) is 13.2 Å². The molecule has 0 aliphatic carbocycles. The van der Waals surface area contributed by atoms with Crippen molar-refractivity contribution < 1.29 is 21.6 Å². The number of hydrogen-bond acceptors (Lipinski definition) is 3. The molecule has 2 heterocycles. The largest absolute Gasteiger partial charge is 0.389 e. The minimum atomic E-state index is -4.43. The number of aryl methyl sites for hydroxylation is 1. The predicted molar refractivity (Wildman–Crippen MR) is 104 cm³/mol. The molecular formula is C21H21F3N2O2S. The Hall–Kier alpha value is -2.19. The first kappa shape index (κ1) is 20.1. The van der Waals surface area contributed by atoms with Gasteiger partial charge in [-0.3, -0.25) is 4.99 Å². The predicted octanol–water partition coefficient (Wildman–Crippen LogP) is 4.20. The molecule has 4 rings (SSSR count). The van der Waals surface area contributed by atoms with Crippen LogP contribution in [-0.2, 0) is 10.0 Å². The summed E-state index contributed by atoms with van der Waals surface area (Å²) in [5.74, 6) is 0. The van der Waals surface area contributed by atoms with Gasteiger partial charge in [-0.05, 0) is 24.6 Å². The van der Waals surface area contributed by atoms with E-state index in [2.05, 4.69) is 4.99 Å². The molecule has 0 saturated carbocycles. The number of hydrogen-bond donors (Lipinski definition) is 0. The summed E-state index contributed by atoms with van der Waals surface area (Å²) in [7, 11) is -3.93. The Bertz CT molecular complexity index is 1070. The third-order valence-electron chi connectivity index (χ3n) is 5.87. The number of benzene rings is 2. The first-order chi connectivity index (χ1) is 13.5. The first-order valence-corrected chi connectivity index (χ1v) is 10.7. The number of aliphatic imine (C=N–C) groups is 1. The van der Waals surface area contributed by atoms with Crippen LogP contribution in [0.2, 0.25) is 0 Å². The van der Waals surface area contributed by atoms with Crippen LogP contribution < -0.4 is 0 Å². The van der Waals surface area contributed by atoms with Gasteiger partial charge >= 0.3 is 6.18 Å². The third kappa shape index (κ3) is 3.38. The summed E-state index contributed by atoms with van der Waals surface area (Å²) in [6.45, 7) is 3.01. The van der Waals surface area contributed by atoms with Crippen molar-refractivity contribution >= 4 is 15.7 Å². The lowest BCUT2D eigenvalue weighted by Crippen LogP contribution is -2.42. The van der Waals surface area contributed by atoms with Crippen LogP contribution in [0.1, 0.15) is 24.5 Å². The van der Waals surface area contributed by atoms with Gasteiger partial charge in [0.05, 0.1) is 17.0 Å². The van der Waals surface area contributed by atoms with Gasteiger partial charge in [0.25, 0.3) is 0 Å². The second-order valence-electron chi connectivity index (χ2n) is 8.13. The molecule has 29 heavy (non-hydrogen) atoms. The molecule has 2 aromatic rings. The van der Waals surface area contributed by atoms with Crippen LogP contribution in [0, 0.1) is 12.3 Å². The molecule has 2 aliphatic heterocycles. The number of alkyl halides is 3. The second kappa shape index (κ2) is 6.40. The highest BCUT2D eigenvalue weighted by atomic mass is 32.2. The van der Waals surface area contributed by atoms with Gasteiger partial charge in [-0.25, -0.2) is 8.42 Å². The molecule has 0 radical (unpaired) electrons. The molecule has 0 N–H and O–H groups in total. The minimum absolute atomic E-state index is 0.0800. The maximum atomic E-state index is 13.4. The molecule has 4 nitrogen and oxygen atoms in total. The molecule has 1 saturated heterocycles. The van der Waals surface area contributed by atoms with E-state index in [1.807, 2.05) is 13.0 Å². The molecule has 8 heteroatoms. The lowest BCUT2D eigenvalue weighted by atomic mass is 9.72. The SMILES string of the molecule is Cc1ccc(S(=O)(=O)N2C[C@](C)(CC(F)(F)F)[C@@]3(C2)N=C3c2ccccc2)cc1. The smallest absolute Gasteiger partial charge is 0.271 e. The topological polar surface area (TPSA) is 49.7 Å². The summed E-state index contributed by atoms with van der Waals surface area (Å²) in [5, 5.41) is 0. The second-order valence-corrected chi connectivity index (χ2v) is 10.1. The van der Waals surface area contributed by atoms with Gasteiger partial charge < -0.3 is 0 Å². The highest BCUT2D eigenvalue weighted by Crippen LogP contribution is 2.57. The lowest BCUT2D eigenvalue weighted by molar-refractivity contribution is -0.156. The van der Waals surface area contributed by atoms with Crippen LogP contribution >= 0.6 is 0 Å². The quantitative estimate of drug-likeness (QED) is 0.742. The van der Waals surface area contributed by atoms with E-state index >= 15 is 0 Å². The van der Waals surface area contributed by atoms with Crippen molar-refractivity contribution in [2.75, 3.05) is 13.1 Å². The molecule has 2 aliphatic rings. The van der Waals surface area contributed by atoms with Crippen molar-refractivity contribution in [2.24, 2.45) is 10.4 Å². The van der Waals surface area contributed by atoms with Gasteiger partial charge in [-0.15, -0.1) is 0 Å². The van der Waals surface area contributed by atoms with Crippen LogP contribution in [-0.4, -0.2) is 43.2 Å². The van der Waals surface area contributed by atoms with Crippen molar-refractivity contribution in [3.63, 3.8) is 0 Å². The minimum Gasteiger partial charge on any atom is -0.271 e. The summed E-state index contributed by atoms with van der Waals surface area (Å²) in [6.07, 6.45) is -5.52. The van der Waals surface area contributed by atoms with Gasteiger partial charge in [0.2, 0.25) is 10.0 Å². The maximum Gasteiger partial charge on any atom is 0.389 e. The summed E-state index contributed by atoms with van der Waals surface area (Å²) in [4.78, 5) is 4.56. The van der Waals surface area contributed by atoms with Crippen LogP contribution in [0.25, 0.3) is 0 Å². The molecule has 0 aromatic heterocycles. The standard InChI is InChI=1S/C21H21F3N2O2S/c1-15-8-10-17(11-9-15)29(27,28)26-13-19(2,12-21(22,23)24)20(14-26)18(25-20)16-6-4-3-5-7-16/h3-11H,12-14H2,1-2H3/t19-,20-/m0/s1. The number of nitrogens with zero attached hydrogens (tertiary/aromatic N) is 2. The van der Waals surface area contributed by atoms with E-state index in [0.29, 0.717) is 5.71 Å². The first-order valence-electron chi connectivity index (χ1n) is 9.26. The molecule has 0 amide bonds. The van der Waals surface area contributed by atoms with Crippen molar-refractivity contribution in [2.45, 2.75) is 36.9 Å². The fourth-order valence-electron chi connectivity index (χ4n) is 4.29. The van der Waals surface area contributed by atoms with Crippen molar-refractivity contribution in [1.29, 1.82) is 0 Å². The molecular weight excluding hydrogens is 401 g/mol. The molecule has 0 unspecified atom stereocenters. The number of halogens is 3. The van der Waals surface area contributed by atoms with Gasteiger partial charge in [-0.1, -0.05) is 55.0 Å². The van der Waals surface area contributed by atoms with E-state index in [-0.39, 0.29) is 18.0 Å². The van der Waals surface area contributed by atoms with E-state index < -0.39 is 33.6 Å². The third-order valence-corrected chi connectivity index (χ3v) is 7.68. The zero-order valence-electron chi connectivity index (χ0n) is 16.1. The molecule has 0 bridgehead atoms. The van der Waals surface area contributed by atoms with Crippen LogP contribution in [0.15, 0.2) is 64.5 Å².